The first kappa shape index (κ1) is 10.1. The third-order valence-electron chi connectivity index (χ3n) is 1.77. The number of hydrogen-bond donors (Lipinski definition) is 0. The molecule has 14 heavy (non-hydrogen) atoms. The highest BCUT2D eigenvalue weighted by atomic mass is 16.5. The molecule has 1 nitrogen and oxygen atoms in total. The molecular weight excluding hydrogens is 172 g/mol. The zero-order valence-corrected chi connectivity index (χ0v) is 7.99. The van der Waals surface area contributed by atoms with Gasteiger partial charge in [0.25, 0.3) is 0 Å². The summed E-state index contributed by atoms with van der Waals surface area (Å²) in [5.41, 5.74) is 1.93. The molecular formula is C13H12O. The summed E-state index contributed by atoms with van der Waals surface area (Å²) in [4.78, 5) is 0. The minimum atomic E-state index is 0.496. The third-order valence-corrected chi connectivity index (χ3v) is 1.77. The normalized spacial score (nSPS) is 8.79. The van der Waals surface area contributed by atoms with Crippen LogP contribution in [0.5, 0.6) is 0 Å². The second kappa shape index (κ2) is 4.94. The molecule has 1 aromatic rings. The fraction of sp³-hybridized carbons (Fsp3) is 0.0769. The van der Waals surface area contributed by atoms with Crippen LogP contribution in [0.15, 0.2) is 49.3 Å². The van der Waals surface area contributed by atoms with Crippen molar-refractivity contribution in [2.45, 2.75) is 6.61 Å². The standard InChI is InChI=1S/C13H12O/c1-4-11(3)14-10-13-8-6-12(5-2)7-9-13/h2,4,6-9H,1,3,10H2. The van der Waals surface area contributed by atoms with Gasteiger partial charge in [-0.25, -0.2) is 0 Å². The first-order valence-corrected chi connectivity index (χ1v) is 4.26. The van der Waals surface area contributed by atoms with Gasteiger partial charge in [-0.15, -0.1) is 6.42 Å². The molecule has 1 aromatic carbocycles. The molecule has 0 aliphatic rings. The zero-order valence-electron chi connectivity index (χ0n) is 7.99. The summed E-state index contributed by atoms with van der Waals surface area (Å²) in [5.74, 6) is 3.13. The SMILES string of the molecule is C#Cc1ccc(COC(=C)C=C)cc1. The summed E-state index contributed by atoms with van der Waals surface area (Å²) in [6, 6.07) is 7.64. The van der Waals surface area contributed by atoms with Crippen molar-refractivity contribution < 1.29 is 4.74 Å². The summed E-state index contributed by atoms with van der Waals surface area (Å²) < 4.78 is 5.29. The number of terminal acetylenes is 1. The average molecular weight is 184 g/mol. The molecule has 0 fully saturated rings. The molecule has 0 amide bonds. The van der Waals surface area contributed by atoms with E-state index in [0.29, 0.717) is 12.4 Å². The van der Waals surface area contributed by atoms with E-state index in [-0.39, 0.29) is 0 Å². The van der Waals surface area contributed by atoms with Crippen LogP contribution in [0, 0.1) is 12.3 Å². The Morgan fingerprint density at radius 3 is 2.57 bits per heavy atom. The first-order valence-electron chi connectivity index (χ1n) is 4.26. The molecule has 0 spiro atoms. The Morgan fingerprint density at radius 2 is 2.07 bits per heavy atom. The van der Waals surface area contributed by atoms with Gasteiger partial charge < -0.3 is 4.74 Å². The highest BCUT2D eigenvalue weighted by Crippen LogP contribution is 2.07. The summed E-state index contributed by atoms with van der Waals surface area (Å²) >= 11 is 0. The molecule has 0 saturated carbocycles. The molecule has 1 heteroatoms. The first-order chi connectivity index (χ1) is 6.76. The lowest BCUT2D eigenvalue weighted by Gasteiger charge is -2.05. The van der Waals surface area contributed by atoms with Crippen molar-refractivity contribution in [3.63, 3.8) is 0 Å². The molecule has 0 saturated heterocycles. The Kier molecular flexibility index (Phi) is 3.58. The lowest BCUT2D eigenvalue weighted by atomic mass is 10.1. The molecule has 70 valence electrons. The Labute approximate surface area is 84.7 Å². The van der Waals surface area contributed by atoms with Gasteiger partial charge in [0.15, 0.2) is 0 Å². The van der Waals surface area contributed by atoms with E-state index in [0.717, 1.165) is 11.1 Å². The van der Waals surface area contributed by atoms with Crippen LogP contribution in [-0.2, 0) is 11.3 Å². The smallest absolute Gasteiger partial charge is 0.113 e. The Bertz CT molecular complexity index is 365. The van der Waals surface area contributed by atoms with Crippen LogP contribution in [0.25, 0.3) is 0 Å². The maximum atomic E-state index is 5.29. The number of rotatable bonds is 4. The number of hydrogen-bond acceptors (Lipinski definition) is 1. The van der Waals surface area contributed by atoms with E-state index in [4.69, 9.17) is 11.2 Å². The lowest BCUT2D eigenvalue weighted by molar-refractivity contribution is 0.213. The van der Waals surface area contributed by atoms with Crippen LogP contribution in [0.3, 0.4) is 0 Å². The Hall–Kier alpha value is -1.94. The minimum absolute atomic E-state index is 0.496. The predicted molar refractivity (Wildman–Crippen MR) is 58.5 cm³/mol. The maximum Gasteiger partial charge on any atom is 0.113 e. The molecule has 0 aliphatic heterocycles. The fourth-order valence-electron chi connectivity index (χ4n) is 0.932. The maximum absolute atomic E-state index is 5.29. The van der Waals surface area contributed by atoms with E-state index < -0.39 is 0 Å². The number of ether oxygens (including phenoxy) is 1. The van der Waals surface area contributed by atoms with E-state index in [1.165, 1.54) is 0 Å². The van der Waals surface area contributed by atoms with Gasteiger partial charge in [0, 0.05) is 5.56 Å². The quantitative estimate of drug-likeness (QED) is 0.397. The van der Waals surface area contributed by atoms with Crippen molar-refractivity contribution in [2.75, 3.05) is 0 Å². The van der Waals surface area contributed by atoms with E-state index in [9.17, 15) is 0 Å². The van der Waals surface area contributed by atoms with Crippen LogP contribution >= 0.6 is 0 Å². The van der Waals surface area contributed by atoms with Gasteiger partial charge >= 0.3 is 0 Å². The molecule has 0 aromatic heterocycles. The fourth-order valence-corrected chi connectivity index (χ4v) is 0.932. The molecule has 0 bridgehead atoms. The van der Waals surface area contributed by atoms with Gasteiger partial charge in [0.05, 0.1) is 0 Å². The lowest BCUT2D eigenvalue weighted by Crippen LogP contribution is -1.90. The van der Waals surface area contributed by atoms with Crippen LogP contribution in [0.2, 0.25) is 0 Å². The van der Waals surface area contributed by atoms with Gasteiger partial charge in [-0.3, -0.25) is 0 Å². The van der Waals surface area contributed by atoms with E-state index >= 15 is 0 Å². The van der Waals surface area contributed by atoms with E-state index in [1.54, 1.807) is 6.08 Å². The minimum Gasteiger partial charge on any atom is -0.490 e. The van der Waals surface area contributed by atoms with Gasteiger partial charge in [-0.05, 0) is 23.8 Å². The van der Waals surface area contributed by atoms with Crippen LogP contribution in [0.4, 0.5) is 0 Å². The molecule has 0 aliphatic carbocycles. The van der Waals surface area contributed by atoms with Crippen molar-refractivity contribution in [2.24, 2.45) is 0 Å². The van der Waals surface area contributed by atoms with Crippen molar-refractivity contribution in [3.05, 3.63) is 60.4 Å². The number of benzene rings is 1. The molecule has 0 N–H and O–H groups in total. The summed E-state index contributed by atoms with van der Waals surface area (Å²) in [5, 5.41) is 0. The molecule has 0 unspecified atom stereocenters. The van der Waals surface area contributed by atoms with Crippen LogP contribution < -0.4 is 0 Å². The Morgan fingerprint density at radius 1 is 1.43 bits per heavy atom. The monoisotopic (exact) mass is 184 g/mol. The largest absolute Gasteiger partial charge is 0.490 e. The highest BCUT2D eigenvalue weighted by Gasteiger charge is 1.93. The van der Waals surface area contributed by atoms with Crippen molar-refractivity contribution in [1.29, 1.82) is 0 Å². The second-order valence-corrected chi connectivity index (χ2v) is 2.80. The summed E-state index contributed by atoms with van der Waals surface area (Å²) in [6.07, 6.45) is 6.81. The molecule has 1 rings (SSSR count). The molecule has 0 radical (unpaired) electrons. The predicted octanol–water partition coefficient (Wildman–Crippen LogP) is 2.88. The average Bonchev–Trinajstić information content (AvgIpc) is 2.26. The Balaban J connectivity index is 2.57. The molecule has 0 atom stereocenters. The van der Waals surface area contributed by atoms with Gasteiger partial charge in [-0.2, -0.15) is 0 Å². The van der Waals surface area contributed by atoms with Crippen molar-refractivity contribution in [1.82, 2.24) is 0 Å². The third kappa shape index (κ3) is 2.84. The van der Waals surface area contributed by atoms with Gasteiger partial charge in [0.2, 0.25) is 0 Å². The molecule has 0 heterocycles. The van der Waals surface area contributed by atoms with Crippen LogP contribution in [0.1, 0.15) is 11.1 Å². The zero-order chi connectivity index (χ0) is 10.4. The summed E-state index contributed by atoms with van der Waals surface area (Å²) in [7, 11) is 0. The van der Waals surface area contributed by atoms with Crippen molar-refractivity contribution in [3.8, 4) is 12.3 Å². The van der Waals surface area contributed by atoms with Gasteiger partial charge in [-0.1, -0.05) is 31.2 Å². The second-order valence-electron chi connectivity index (χ2n) is 2.80. The highest BCUT2D eigenvalue weighted by molar-refractivity contribution is 5.34. The topological polar surface area (TPSA) is 9.23 Å². The summed E-state index contributed by atoms with van der Waals surface area (Å²) in [6.45, 7) is 7.69. The number of allylic oxidation sites excluding steroid dienone is 1. The van der Waals surface area contributed by atoms with Crippen LogP contribution in [-0.4, -0.2) is 0 Å². The van der Waals surface area contributed by atoms with Crippen molar-refractivity contribution >= 4 is 0 Å². The van der Waals surface area contributed by atoms with Gasteiger partial charge in [0.1, 0.15) is 12.4 Å². The van der Waals surface area contributed by atoms with E-state index in [2.05, 4.69) is 19.1 Å². The van der Waals surface area contributed by atoms with E-state index in [1.807, 2.05) is 24.3 Å².